The highest BCUT2D eigenvalue weighted by atomic mass is 16.5. The molecular weight excluding hydrogens is 302 g/mol. The summed E-state index contributed by atoms with van der Waals surface area (Å²) in [5.74, 6) is 2.64. The van der Waals surface area contributed by atoms with E-state index in [9.17, 15) is 0 Å². The lowest BCUT2D eigenvalue weighted by Crippen LogP contribution is -2.45. The molecule has 1 saturated heterocycles. The summed E-state index contributed by atoms with van der Waals surface area (Å²) in [4.78, 5) is 6.86. The molecule has 1 aliphatic carbocycles. The molecule has 5 heteroatoms. The highest BCUT2D eigenvalue weighted by Crippen LogP contribution is 2.47. The average molecular weight is 331 g/mol. The van der Waals surface area contributed by atoms with Crippen molar-refractivity contribution in [2.75, 3.05) is 33.8 Å². The van der Waals surface area contributed by atoms with Crippen molar-refractivity contribution in [2.24, 2.45) is 10.4 Å². The standard InChI is InChI=1S/C19H29N3O2/c1-15(24-17-7-4-6-16(12-17)23-3)13-21-18(20-2)22-11-10-19(14-22)8-5-9-19/h4,6-7,12,15H,5,8-11,13-14H2,1-3H3,(H,20,21). The van der Waals surface area contributed by atoms with E-state index in [4.69, 9.17) is 9.47 Å². The van der Waals surface area contributed by atoms with Gasteiger partial charge in [-0.2, -0.15) is 0 Å². The molecule has 1 atom stereocenters. The summed E-state index contributed by atoms with van der Waals surface area (Å²) in [6.45, 7) is 5.06. The van der Waals surface area contributed by atoms with Gasteiger partial charge in [0.2, 0.25) is 0 Å². The van der Waals surface area contributed by atoms with Crippen molar-refractivity contribution in [2.45, 2.75) is 38.7 Å². The highest BCUT2D eigenvalue weighted by Gasteiger charge is 2.43. The lowest BCUT2D eigenvalue weighted by Gasteiger charge is -2.38. The van der Waals surface area contributed by atoms with Gasteiger partial charge in [0.1, 0.15) is 17.6 Å². The van der Waals surface area contributed by atoms with Gasteiger partial charge in [-0.25, -0.2) is 0 Å². The van der Waals surface area contributed by atoms with E-state index in [1.807, 2.05) is 31.3 Å². The molecule has 0 amide bonds. The third-order valence-corrected chi connectivity index (χ3v) is 5.29. The second kappa shape index (κ2) is 7.32. The quantitative estimate of drug-likeness (QED) is 0.666. The van der Waals surface area contributed by atoms with Crippen LogP contribution < -0.4 is 14.8 Å². The van der Waals surface area contributed by atoms with Gasteiger partial charge in [0.05, 0.1) is 13.7 Å². The molecule has 0 bridgehead atoms. The predicted octanol–water partition coefficient (Wildman–Crippen LogP) is 2.91. The minimum absolute atomic E-state index is 0.0501. The van der Waals surface area contributed by atoms with Crippen molar-refractivity contribution in [3.05, 3.63) is 24.3 Å². The van der Waals surface area contributed by atoms with Crippen molar-refractivity contribution >= 4 is 5.96 Å². The molecule has 5 nitrogen and oxygen atoms in total. The second-order valence-electron chi connectivity index (χ2n) is 7.06. The van der Waals surface area contributed by atoms with Crippen molar-refractivity contribution < 1.29 is 9.47 Å². The number of methoxy groups -OCH3 is 1. The number of aliphatic imine (C=N–C) groups is 1. The molecule has 1 N–H and O–H groups in total. The fourth-order valence-corrected chi connectivity index (χ4v) is 3.72. The van der Waals surface area contributed by atoms with Crippen molar-refractivity contribution in [3.8, 4) is 11.5 Å². The van der Waals surface area contributed by atoms with E-state index in [0.717, 1.165) is 37.1 Å². The predicted molar refractivity (Wildman–Crippen MR) is 96.9 cm³/mol. The maximum Gasteiger partial charge on any atom is 0.193 e. The molecule has 1 heterocycles. The summed E-state index contributed by atoms with van der Waals surface area (Å²) in [7, 11) is 3.53. The first-order valence-corrected chi connectivity index (χ1v) is 8.90. The van der Waals surface area contributed by atoms with Gasteiger partial charge in [-0.1, -0.05) is 12.5 Å². The Morgan fingerprint density at radius 1 is 1.33 bits per heavy atom. The summed E-state index contributed by atoms with van der Waals surface area (Å²) in [5, 5.41) is 3.47. The number of hydrogen-bond acceptors (Lipinski definition) is 3. The van der Waals surface area contributed by atoms with E-state index in [1.54, 1.807) is 7.11 Å². The Kier molecular flexibility index (Phi) is 5.17. The summed E-state index contributed by atoms with van der Waals surface area (Å²) in [5.41, 5.74) is 0.584. The summed E-state index contributed by atoms with van der Waals surface area (Å²) < 4.78 is 11.2. The van der Waals surface area contributed by atoms with Crippen LogP contribution in [0.3, 0.4) is 0 Å². The molecule has 1 aliphatic heterocycles. The molecular formula is C19H29N3O2. The van der Waals surface area contributed by atoms with Crippen molar-refractivity contribution in [3.63, 3.8) is 0 Å². The fourth-order valence-electron chi connectivity index (χ4n) is 3.72. The van der Waals surface area contributed by atoms with Crippen molar-refractivity contribution in [1.82, 2.24) is 10.2 Å². The number of likely N-dealkylation sites (tertiary alicyclic amines) is 1. The maximum atomic E-state index is 5.97. The van der Waals surface area contributed by atoms with Gasteiger partial charge in [-0.05, 0) is 43.7 Å². The molecule has 2 fully saturated rings. The molecule has 2 aliphatic rings. The summed E-state index contributed by atoms with van der Waals surface area (Å²) in [6.07, 6.45) is 5.52. The lowest BCUT2D eigenvalue weighted by molar-refractivity contribution is 0.151. The van der Waals surface area contributed by atoms with Crippen molar-refractivity contribution in [1.29, 1.82) is 0 Å². The number of guanidine groups is 1. The van der Waals surface area contributed by atoms with E-state index in [-0.39, 0.29) is 6.10 Å². The molecule has 24 heavy (non-hydrogen) atoms. The van der Waals surface area contributed by atoms with Crippen LogP contribution in [-0.4, -0.2) is 50.8 Å². The van der Waals surface area contributed by atoms with Gasteiger partial charge in [-0.15, -0.1) is 0 Å². The molecule has 3 rings (SSSR count). The third-order valence-electron chi connectivity index (χ3n) is 5.29. The normalized spacial score (nSPS) is 20.6. The van der Waals surface area contributed by atoms with Crippen LogP contribution in [0.2, 0.25) is 0 Å². The number of benzene rings is 1. The number of ether oxygens (including phenoxy) is 2. The van der Waals surface area contributed by atoms with E-state index < -0.39 is 0 Å². The van der Waals surface area contributed by atoms with Crippen LogP contribution in [-0.2, 0) is 0 Å². The Labute approximate surface area is 145 Å². The number of rotatable bonds is 5. The summed E-state index contributed by atoms with van der Waals surface area (Å²) in [6, 6.07) is 7.72. The zero-order chi connectivity index (χ0) is 17.0. The van der Waals surface area contributed by atoms with Gasteiger partial charge in [0.25, 0.3) is 0 Å². The van der Waals surface area contributed by atoms with E-state index in [2.05, 4.69) is 22.1 Å². The van der Waals surface area contributed by atoms with Crippen LogP contribution in [0.15, 0.2) is 29.3 Å². The molecule has 1 aromatic rings. The number of nitrogens with zero attached hydrogens (tertiary/aromatic N) is 2. The van der Waals surface area contributed by atoms with Gasteiger partial charge >= 0.3 is 0 Å². The largest absolute Gasteiger partial charge is 0.497 e. The SMILES string of the molecule is CN=C(NCC(C)Oc1cccc(OC)c1)N1CCC2(CCC2)C1. The number of nitrogens with one attached hydrogen (secondary N) is 1. The Morgan fingerprint density at radius 2 is 2.12 bits per heavy atom. The van der Waals surface area contributed by atoms with Gasteiger partial charge in [0, 0.05) is 26.2 Å². The first-order valence-electron chi connectivity index (χ1n) is 8.90. The zero-order valence-corrected chi connectivity index (χ0v) is 15.0. The second-order valence-corrected chi connectivity index (χ2v) is 7.06. The Hall–Kier alpha value is -1.91. The highest BCUT2D eigenvalue weighted by molar-refractivity contribution is 5.80. The van der Waals surface area contributed by atoms with E-state index in [0.29, 0.717) is 5.41 Å². The van der Waals surface area contributed by atoms with Gasteiger partial charge in [-0.3, -0.25) is 4.99 Å². The topological polar surface area (TPSA) is 46.1 Å². The van der Waals surface area contributed by atoms with Gasteiger partial charge in [0.15, 0.2) is 5.96 Å². The molecule has 1 aromatic carbocycles. The molecule has 1 saturated carbocycles. The number of hydrogen-bond donors (Lipinski definition) is 1. The lowest BCUT2D eigenvalue weighted by atomic mass is 9.68. The van der Waals surface area contributed by atoms with Crippen LogP contribution in [0, 0.1) is 5.41 Å². The molecule has 0 radical (unpaired) electrons. The zero-order valence-electron chi connectivity index (χ0n) is 15.0. The fraction of sp³-hybridized carbons (Fsp3) is 0.632. The Morgan fingerprint density at radius 3 is 2.75 bits per heavy atom. The van der Waals surface area contributed by atoms with Crippen LogP contribution >= 0.6 is 0 Å². The molecule has 0 aromatic heterocycles. The maximum absolute atomic E-state index is 5.97. The average Bonchev–Trinajstić information content (AvgIpc) is 3.01. The van der Waals surface area contributed by atoms with E-state index >= 15 is 0 Å². The first kappa shape index (κ1) is 16.9. The molecule has 1 spiro atoms. The Balaban J connectivity index is 1.48. The summed E-state index contributed by atoms with van der Waals surface area (Å²) >= 11 is 0. The minimum Gasteiger partial charge on any atom is -0.497 e. The van der Waals surface area contributed by atoms with Crippen LogP contribution in [0.5, 0.6) is 11.5 Å². The molecule has 132 valence electrons. The Bertz CT molecular complexity index is 584. The van der Waals surface area contributed by atoms with Crippen LogP contribution in [0.1, 0.15) is 32.6 Å². The smallest absolute Gasteiger partial charge is 0.193 e. The first-order chi connectivity index (χ1) is 11.6. The molecule has 1 unspecified atom stereocenters. The van der Waals surface area contributed by atoms with Gasteiger partial charge < -0.3 is 19.7 Å². The monoisotopic (exact) mass is 331 g/mol. The minimum atomic E-state index is 0.0501. The van der Waals surface area contributed by atoms with E-state index in [1.165, 1.54) is 25.7 Å². The third kappa shape index (κ3) is 3.77. The van der Waals surface area contributed by atoms with Crippen LogP contribution in [0.25, 0.3) is 0 Å². The van der Waals surface area contributed by atoms with Crippen LogP contribution in [0.4, 0.5) is 0 Å².